The SMILES string of the molecule is CS(=O)(=O)CCn1ncc(C(=O)O)c1N. The van der Waals surface area contributed by atoms with E-state index in [0.717, 1.165) is 17.1 Å². The van der Waals surface area contributed by atoms with Gasteiger partial charge in [-0.3, -0.25) is 0 Å². The second-order valence-electron chi connectivity index (χ2n) is 3.10. The van der Waals surface area contributed by atoms with Crippen LogP contribution < -0.4 is 5.73 Å². The Morgan fingerprint density at radius 1 is 1.67 bits per heavy atom. The third-order valence-electron chi connectivity index (χ3n) is 1.78. The molecule has 0 aromatic carbocycles. The third-order valence-corrected chi connectivity index (χ3v) is 2.71. The van der Waals surface area contributed by atoms with Crippen LogP contribution in [0.2, 0.25) is 0 Å². The van der Waals surface area contributed by atoms with Crippen molar-refractivity contribution in [2.75, 3.05) is 17.7 Å². The molecule has 84 valence electrons. The van der Waals surface area contributed by atoms with Crippen LogP contribution in [0.4, 0.5) is 5.82 Å². The quantitative estimate of drug-likeness (QED) is 0.704. The van der Waals surface area contributed by atoms with Crippen molar-refractivity contribution >= 4 is 21.6 Å². The Hall–Kier alpha value is -1.57. The van der Waals surface area contributed by atoms with Crippen molar-refractivity contribution in [3.05, 3.63) is 11.8 Å². The van der Waals surface area contributed by atoms with Crippen LogP contribution in [0, 0.1) is 0 Å². The van der Waals surface area contributed by atoms with Crippen molar-refractivity contribution in [2.45, 2.75) is 6.54 Å². The summed E-state index contributed by atoms with van der Waals surface area (Å²) < 4.78 is 22.9. The molecule has 0 saturated carbocycles. The third kappa shape index (κ3) is 2.94. The lowest BCUT2D eigenvalue weighted by molar-refractivity contribution is 0.0698. The van der Waals surface area contributed by atoms with E-state index in [9.17, 15) is 13.2 Å². The van der Waals surface area contributed by atoms with Gasteiger partial charge in [0.05, 0.1) is 18.5 Å². The van der Waals surface area contributed by atoms with Gasteiger partial charge in [-0.05, 0) is 0 Å². The summed E-state index contributed by atoms with van der Waals surface area (Å²) in [5.74, 6) is -1.35. The van der Waals surface area contributed by atoms with Crippen molar-refractivity contribution in [2.24, 2.45) is 0 Å². The number of rotatable bonds is 4. The fourth-order valence-electron chi connectivity index (χ4n) is 0.990. The van der Waals surface area contributed by atoms with E-state index in [4.69, 9.17) is 10.8 Å². The number of nitrogens with zero attached hydrogens (tertiary/aromatic N) is 2. The average molecular weight is 233 g/mol. The van der Waals surface area contributed by atoms with Gasteiger partial charge >= 0.3 is 5.97 Å². The van der Waals surface area contributed by atoms with Gasteiger partial charge in [0.2, 0.25) is 0 Å². The smallest absolute Gasteiger partial charge is 0.341 e. The minimum Gasteiger partial charge on any atom is -0.477 e. The van der Waals surface area contributed by atoms with Crippen LogP contribution in [0.1, 0.15) is 10.4 Å². The number of hydrogen-bond acceptors (Lipinski definition) is 5. The molecule has 0 aliphatic heterocycles. The van der Waals surface area contributed by atoms with Crippen molar-refractivity contribution in [1.82, 2.24) is 9.78 Å². The maximum atomic E-state index is 10.9. The van der Waals surface area contributed by atoms with Gasteiger partial charge in [0.1, 0.15) is 21.2 Å². The number of nitrogen functional groups attached to an aromatic ring is 1. The van der Waals surface area contributed by atoms with Crippen molar-refractivity contribution in [3.63, 3.8) is 0 Å². The molecular formula is C7H11N3O4S. The molecule has 1 rings (SSSR count). The van der Waals surface area contributed by atoms with E-state index >= 15 is 0 Å². The van der Waals surface area contributed by atoms with Crippen molar-refractivity contribution < 1.29 is 18.3 Å². The van der Waals surface area contributed by atoms with E-state index in [0.29, 0.717) is 0 Å². The lowest BCUT2D eigenvalue weighted by Gasteiger charge is -2.02. The number of carboxylic acids is 1. The Kier molecular flexibility index (Phi) is 2.98. The standard InChI is InChI=1S/C7H11N3O4S/c1-15(13,14)3-2-10-6(8)5(4-9-10)7(11)12/h4H,2-3,8H2,1H3,(H,11,12). The zero-order valence-electron chi connectivity index (χ0n) is 8.04. The molecule has 0 spiro atoms. The van der Waals surface area contributed by atoms with E-state index < -0.39 is 15.8 Å². The molecule has 1 aromatic rings. The molecule has 7 nitrogen and oxygen atoms in total. The van der Waals surface area contributed by atoms with Gasteiger partial charge < -0.3 is 10.8 Å². The fourth-order valence-corrected chi connectivity index (χ4v) is 1.49. The predicted molar refractivity (Wildman–Crippen MR) is 53.3 cm³/mol. The van der Waals surface area contributed by atoms with E-state index in [1.165, 1.54) is 0 Å². The molecule has 0 bridgehead atoms. The number of aryl methyl sites for hydroxylation is 1. The second-order valence-corrected chi connectivity index (χ2v) is 5.36. The highest BCUT2D eigenvalue weighted by atomic mass is 32.2. The molecule has 0 radical (unpaired) electrons. The first-order valence-corrected chi connectivity index (χ1v) is 6.09. The van der Waals surface area contributed by atoms with Gasteiger partial charge in [-0.15, -0.1) is 0 Å². The van der Waals surface area contributed by atoms with Crippen LogP contribution in [0.25, 0.3) is 0 Å². The van der Waals surface area contributed by atoms with Crippen LogP contribution in [0.15, 0.2) is 6.20 Å². The van der Waals surface area contributed by atoms with Crippen molar-refractivity contribution in [3.8, 4) is 0 Å². The summed E-state index contributed by atoms with van der Waals surface area (Å²) in [4.78, 5) is 10.6. The van der Waals surface area contributed by atoms with Crippen LogP contribution in [0.3, 0.4) is 0 Å². The Morgan fingerprint density at radius 2 is 2.27 bits per heavy atom. The molecule has 0 aliphatic carbocycles. The summed E-state index contributed by atoms with van der Waals surface area (Å²) in [7, 11) is -3.11. The highest BCUT2D eigenvalue weighted by molar-refractivity contribution is 7.90. The maximum Gasteiger partial charge on any atom is 0.341 e. The molecule has 1 aromatic heterocycles. The minimum absolute atomic E-state index is 0.0360. The molecule has 3 N–H and O–H groups in total. The van der Waals surface area contributed by atoms with Gasteiger partial charge in [-0.2, -0.15) is 5.10 Å². The highest BCUT2D eigenvalue weighted by Gasteiger charge is 2.14. The zero-order chi connectivity index (χ0) is 11.6. The Labute approximate surface area is 86.4 Å². The number of nitrogens with two attached hydrogens (primary N) is 1. The minimum atomic E-state index is -3.11. The number of hydrogen-bond donors (Lipinski definition) is 2. The Bertz CT molecular complexity index is 476. The first-order chi connectivity index (χ1) is 6.81. The molecule has 0 unspecified atom stereocenters. The molecular weight excluding hydrogens is 222 g/mol. The number of carboxylic acid groups (broad SMARTS) is 1. The first-order valence-electron chi connectivity index (χ1n) is 4.03. The lowest BCUT2D eigenvalue weighted by atomic mass is 10.3. The zero-order valence-corrected chi connectivity index (χ0v) is 8.86. The summed E-state index contributed by atoms with van der Waals surface area (Å²) >= 11 is 0. The molecule has 0 atom stereocenters. The molecule has 0 saturated heterocycles. The molecule has 15 heavy (non-hydrogen) atoms. The number of aromatic carboxylic acids is 1. The molecule has 0 aliphatic rings. The maximum absolute atomic E-state index is 10.9. The Balaban J connectivity index is 2.84. The number of aromatic nitrogens is 2. The van der Waals surface area contributed by atoms with E-state index in [1.54, 1.807) is 0 Å². The first kappa shape index (κ1) is 11.5. The van der Waals surface area contributed by atoms with Crippen LogP contribution >= 0.6 is 0 Å². The molecule has 0 amide bonds. The van der Waals surface area contributed by atoms with Crippen LogP contribution in [-0.2, 0) is 16.4 Å². The predicted octanol–water partition coefficient (Wildman–Crippen LogP) is -0.792. The number of carbonyl (C=O) groups is 1. The lowest BCUT2D eigenvalue weighted by Crippen LogP contribution is -2.14. The monoisotopic (exact) mass is 233 g/mol. The van der Waals surface area contributed by atoms with Gasteiger partial charge in [0.25, 0.3) is 0 Å². The van der Waals surface area contributed by atoms with E-state index in [1.807, 2.05) is 0 Å². The summed E-state index contributed by atoms with van der Waals surface area (Å²) in [5.41, 5.74) is 5.34. The van der Waals surface area contributed by atoms with Gasteiger partial charge in [0, 0.05) is 6.26 Å². The topological polar surface area (TPSA) is 115 Å². The average Bonchev–Trinajstić information content (AvgIpc) is 2.42. The van der Waals surface area contributed by atoms with E-state index in [-0.39, 0.29) is 23.7 Å². The highest BCUT2D eigenvalue weighted by Crippen LogP contribution is 2.10. The molecule has 1 heterocycles. The number of sulfone groups is 1. The van der Waals surface area contributed by atoms with Gasteiger partial charge in [-0.1, -0.05) is 0 Å². The summed E-state index contributed by atoms with van der Waals surface area (Å²) in [6.07, 6.45) is 2.19. The fraction of sp³-hybridized carbons (Fsp3) is 0.429. The van der Waals surface area contributed by atoms with Crippen LogP contribution in [-0.4, -0.2) is 41.3 Å². The van der Waals surface area contributed by atoms with Crippen molar-refractivity contribution in [1.29, 1.82) is 0 Å². The second kappa shape index (κ2) is 3.89. The molecule has 8 heteroatoms. The summed E-state index contributed by atoms with van der Waals surface area (Å²) in [6.45, 7) is 0.0535. The van der Waals surface area contributed by atoms with Gasteiger partial charge in [-0.25, -0.2) is 17.9 Å². The van der Waals surface area contributed by atoms with Crippen LogP contribution in [0.5, 0.6) is 0 Å². The normalized spacial score (nSPS) is 11.5. The summed E-state index contributed by atoms with van der Waals surface area (Å²) in [6, 6.07) is 0. The molecule has 0 fully saturated rings. The van der Waals surface area contributed by atoms with E-state index in [2.05, 4.69) is 5.10 Å². The summed E-state index contributed by atoms with van der Waals surface area (Å²) in [5, 5.41) is 12.3. The largest absolute Gasteiger partial charge is 0.477 e. The number of anilines is 1. The van der Waals surface area contributed by atoms with Gasteiger partial charge in [0.15, 0.2) is 0 Å². The Morgan fingerprint density at radius 3 is 2.67 bits per heavy atom.